The number of hydrogen-bond donors (Lipinski definition) is 1. The molecule has 0 fully saturated rings. The molecule has 0 saturated carbocycles. The Labute approximate surface area is 113 Å². The number of para-hydroxylation sites is 1. The average Bonchev–Trinajstić information content (AvgIpc) is 2.46. The van der Waals surface area contributed by atoms with Gasteiger partial charge in [0.1, 0.15) is 5.75 Å². The molecule has 2 unspecified atom stereocenters. The maximum absolute atomic E-state index is 6.15. The van der Waals surface area contributed by atoms with Gasteiger partial charge in [0.15, 0.2) is 0 Å². The summed E-state index contributed by atoms with van der Waals surface area (Å²) in [5, 5.41) is 0. The first-order valence-electron chi connectivity index (χ1n) is 6.49. The van der Waals surface area contributed by atoms with Crippen molar-refractivity contribution in [2.75, 3.05) is 0 Å². The molecular weight excluding hydrogens is 238 g/mol. The highest BCUT2D eigenvalue weighted by atomic mass is 16.7. The molecule has 3 nitrogen and oxygen atoms in total. The van der Waals surface area contributed by atoms with Crippen LogP contribution in [0.25, 0.3) is 0 Å². The summed E-state index contributed by atoms with van der Waals surface area (Å²) in [6.07, 6.45) is 0.411. The van der Waals surface area contributed by atoms with Gasteiger partial charge in [0, 0.05) is 18.0 Å². The first kappa shape index (κ1) is 12.2. The van der Waals surface area contributed by atoms with E-state index in [1.807, 2.05) is 54.6 Å². The van der Waals surface area contributed by atoms with Crippen LogP contribution in [0, 0.1) is 0 Å². The van der Waals surface area contributed by atoms with Crippen molar-refractivity contribution in [3.05, 3.63) is 65.7 Å². The van der Waals surface area contributed by atoms with E-state index in [2.05, 4.69) is 0 Å². The number of benzene rings is 2. The molecule has 98 valence electrons. The summed E-state index contributed by atoms with van der Waals surface area (Å²) in [6, 6.07) is 17.9. The van der Waals surface area contributed by atoms with Crippen molar-refractivity contribution in [1.82, 2.24) is 0 Å². The lowest BCUT2D eigenvalue weighted by Crippen LogP contribution is -2.31. The Balaban J connectivity index is 1.65. The molecule has 1 heterocycles. The zero-order chi connectivity index (χ0) is 13.1. The fourth-order valence-corrected chi connectivity index (χ4v) is 2.28. The van der Waals surface area contributed by atoms with Crippen LogP contribution in [0.4, 0.5) is 0 Å². The Hall–Kier alpha value is -1.84. The zero-order valence-electron chi connectivity index (χ0n) is 10.7. The van der Waals surface area contributed by atoms with Crippen molar-refractivity contribution < 1.29 is 9.47 Å². The number of nitrogens with two attached hydrogens (primary N) is 1. The molecule has 0 bridgehead atoms. The highest BCUT2D eigenvalue weighted by molar-refractivity contribution is 5.37. The third-order valence-electron chi connectivity index (χ3n) is 3.30. The van der Waals surface area contributed by atoms with Gasteiger partial charge in [-0.15, -0.1) is 0 Å². The van der Waals surface area contributed by atoms with Crippen molar-refractivity contribution in [2.24, 2.45) is 5.73 Å². The van der Waals surface area contributed by atoms with Gasteiger partial charge in [0.05, 0.1) is 6.61 Å². The Kier molecular flexibility index (Phi) is 3.49. The first-order valence-corrected chi connectivity index (χ1v) is 6.49. The SMILES string of the molecule is NC1CC(OCc2ccccc2)Oc2ccccc21. The van der Waals surface area contributed by atoms with Crippen molar-refractivity contribution in [3.63, 3.8) is 0 Å². The molecule has 0 spiro atoms. The summed E-state index contributed by atoms with van der Waals surface area (Å²) >= 11 is 0. The van der Waals surface area contributed by atoms with E-state index in [0.717, 1.165) is 16.9 Å². The van der Waals surface area contributed by atoms with Crippen LogP contribution in [0.3, 0.4) is 0 Å². The third-order valence-corrected chi connectivity index (χ3v) is 3.30. The summed E-state index contributed by atoms with van der Waals surface area (Å²) in [5.41, 5.74) is 8.34. The van der Waals surface area contributed by atoms with E-state index in [4.69, 9.17) is 15.2 Å². The molecule has 0 aromatic heterocycles. The smallest absolute Gasteiger partial charge is 0.202 e. The topological polar surface area (TPSA) is 44.5 Å². The van der Waals surface area contributed by atoms with Gasteiger partial charge in [-0.3, -0.25) is 0 Å². The quantitative estimate of drug-likeness (QED) is 0.917. The predicted molar refractivity (Wildman–Crippen MR) is 73.6 cm³/mol. The summed E-state index contributed by atoms with van der Waals surface area (Å²) < 4.78 is 11.6. The van der Waals surface area contributed by atoms with Gasteiger partial charge >= 0.3 is 0 Å². The summed E-state index contributed by atoms with van der Waals surface area (Å²) in [6.45, 7) is 0.542. The molecule has 0 aliphatic carbocycles. The molecule has 3 rings (SSSR count). The molecule has 1 aliphatic heterocycles. The first-order chi connectivity index (χ1) is 9.33. The van der Waals surface area contributed by atoms with Gasteiger partial charge < -0.3 is 15.2 Å². The van der Waals surface area contributed by atoms with E-state index in [9.17, 15) is 0 Å². The zero-order valence-corrected chi connectivity index (χ0v) is 10.7. The molecular formula is C16H17NO2. The van der Waals surface area contributed by atoms with E-state index in [-0.39, 0.29) is 12.3 Å². The molecule has 1 aliphatic rings. The second kappa shape index (κ2) is 5.43. The highest BCUT2D eigenvalue weighted by Gasteiger charge is 2.25. The lowest BCUT2D eigenvalue weighted by molar-refractivity contribution is -0.104. The molecule has 19 heavy (non-hydrogen) atoms. The van der Waals surface area contributed by atoms with Crippen LogP contribution in [0.1, 0.15) is 23.6 Å². The normalized spacial score (nSPS) is 21.5. The number of ether oxygens (including phenoxy) is 2. The minimum atomic E-state index is -0.273. The Bertz CT molecular complexity index is 541. The largest absolute Gasteiger partial charge is 0.465 e. The Morgan fingerprint density at radius 2 is 1.79 bits per heavy atom. The third kappa shape index (κ3) is 2.78. The lowest BCUT2D eigenvalue weighted by Gasteiger charge is -2.30. The lowest BCUT2D eigenvalue weighted by atomic mass is 10.0. The van der Waals surface area contributed by atoms with Gasteiger partial charge in [-0.2, -0.15) is 0 Å². The molecule has 0 amide bonds. The van der Waals surface area contributed by atoms with E-state index in [1.165, 1.54) is 0 Å². The fraction of sp³-hybridized carbons (Fsp3) is 0.250. The van der Waals surface area contributed by atoms with E-state index >= 15 is 0 Å². The monoisotopic (exact) mass is 255 g/mol. The second-order valence-electron chi connectivity index (χ2n) is 4.72. The fourth-order valence-electron chi connectivity index (χ4n) is 2.28. The van der Waals surface area contributed by atoms with Gasteiger partial charge in [-0.05, 0) is 11.6 Å². The molecule has 2 atom stereocenters. The molecule has 2 aromatic rings. The minimum absolute atomic E-state index is 0.0225. The molecule has 2 aromatic carbocycles. The summed E-state index contributed by atoms with van der Waals surface area (Å²) in [4.78, 5) is 0. The van der Waals surface area contributed by atoms with Crippen LogP contribution in [-0.4, -0.2) is 6.29 Å². The molecule has 0 radical (unpaired) electrons. The molecule has 2 N–H and O–H groups in total. The Morgan fingerprint density at radius 1 is 1.05 bits per heavy atom. The number of hydrogen-bond acceptors (Lipinski definition) is 3. The number of rotatable bonds is 3. The standard InChI is InChI=1S/C16H17NO2/c17-14-10-16(18-11-12-6-2-1-3-7-12)19-15-9-5-4-8-13(14)15/h1-9,14,16H,10-11,17H2. The van der Waals surface area contributed by atoms with E-state index < -0.39 is 0 Å². The van der Waals surface area contributed by atoms with Crippen LogP contribution in [0.15, 0.2) is 54.6 Å². The maximum Gasteiger partial charge on any atom is 0.202 e. The Morgan fingerprint density at radius 3 is 2.63 bits per heavy atom. The molecule has 0 saturated heterocycles. The van der Waals surface area contributed by atoms with Crippen LogP contribution in [0.5, 0.6) is 5.75 Å². The minimum Gasteiger partial charge on any atom is -0.465 e. The van der Waals surface area contributed by atoms with Crippen LogP contribution in [-0.2, 0) is 11.3 Å². The predicted octanol–water partition coefficient (Wildman–Crippen LogP) is 3.01. The van der Waals surface area contributed by atoms with Gasteiger partial charge in [0.25, 0.3) is 0 Å². The van der Waals surface area contributed by atoms with E-state index in [1.54, 1.807) is 0 Å². The van der Waals surface area contributed by atoms with Gasteiger partial charge in [0.2, 0.25) is 6.29 Å². The molecule has 3 heteroatoms. The van der Waals surface area contributed by atoms with Crippen molar-refractivity contribution >= 4 is 0 Å². The number of fused-ring (bicyclic) bond motifs is 1. The van der Waals surface area contributed by atoms with Crippen LogP contribution >= 0.6 is 0 Å². The maximum atomic E-state index is 6.15. The van der Waals surface area contributed by atoms with Crippen molar-refractivity contribution in [3.8, 4) is 5.75 Å². The van der Waals surface area contributed by atoms with E-state index in [0.29, 0.717) is 13.0 Å². The van der Waals surface area contributed by atoms with Crippen molar-refractivity contribution in [1.29, 1.82) is 0 Å². The van der Waals surface area contributed by atoms with Gasteiger partial charge in [-0.1, -0.05) is 48.5 Å². The summed E-state index contributed by atoms with van der Waals surface area (Å²) in [7, 11) is 0. The average molecular weight is 255 g/mol. The second-order valence-corrected chi connectivity index (χ2v) is 4.72. The van der Waals surface area contributed by atoms with Crippen LogP contribution < -0.4 is 10.5 Å². The van der Waals surface area contributed by atoms with Crippen molar-refractivity contribution in [2.45, 2.75) is 25.4 Å². The van der Waals surface area contributed by atoms with Gasteiger partial charge in [-0.25, -0.2) is 0 Å². The highest BCUT2D eigenvalue weighted by Crippen LogP contribution is 2.33. The summed E-state index contributed by atoms with van der Waals surface area (Å²) in [5.74, 6) is 0.833. The van der Waals surface area contributed by atoms with Crippen LogP contribution in [0.2, 0.25) is 0 Å².